The van der Waals surface area contributed by atoms with Crippen LogP contribution in [0, 0.1) is 12.8 Å². The molecule has 3 aromatic rings. The Bertz CT molecular complexity index is 939. The Morgan fingerprint density at radius 1 is 1.07 bits per heavy atom. The van der Waals surface area contributed by atoms with Crippen LogP contribution in [-0.2, 0) is 4.79 Å². The number of hydrogen-bond donors (Lipinski definition) is 2. The number of aromatic amines is 1. The fraction of sp³-hybridized carbons (Fsp3) is 0.375. The molecule has 1 aliphatic rings. The molecular formula is C24H28N2OS. The van der Waals surface area contributed by atoms with Crippen LogP contribution in [0.15, 0.2) is 53.4 Å². The normalized spacial score (nSPS) is 15.0. The number of H-pyrrole nitrogens is 1. The number of para-hydroxylation sites is 1. The molecule has 1 saturated carbocycles. The van der Waals surface area contributed by atoms with Crippen LogP contribution in [0.5, 0.6) is 0 Å². The third-order valence-corrected chi connectivity index (χ3v) is 6.74. The van der Waals surface area contributed by atoms with Crippen molar-refractivity contribution in [2.75, 3.05) is 12.3 Å². The number of amides is 1. The highest BCUT2D eigenvalue weighted by Gasteiger charge is 2.20. The lowest BCUT2D eigenvalue weighted by Gasteiger charge is -2.20. The van der Waals surface area contributed by atoms with Crippen molar-refractivity contribution in [1.82, 2.24) is 10.3 Å². The molecule has 4 heteroatoms. The maximum absolute atomic E-state index is 12.4. The second-order valence-corrected chi connectivity index (χ2v) is 8.82. The smallest absolute Gasteiger partial charge is 0.223 e. The number of nitrogens with one attached hydrogen (secondary N) is 2. The molecule has 1 aromatic heterocycles. The molecule has 1 aliphatic carbocycles. The van der Waals surface area contributed by atoms with Crippen molar-refractivity contribution in [3.8, 4) is 11.3 Å². The third kappa shape index (κ3) is 4.27. The number of thioether (sulfide) groups is 1. The fourth-order valence-electron chi connectivity index (χ4n) is 4.03. The lowest BCUT2D eigenvalue weighted by molar-refractivity contribution is -0.125. The molecule has 2 aromatic carbocycles. The van der Waals surface area contributed by atoms with Gasteiger partial charge in [-0.25, -0.2) is 0 Å². The van der Waals surface area contributed by atoms with Gasteiger partial charge in [0.05, 0.1) is 5.69 Å². The van der Waals surface area contributed by atoms with E-state index in [0.717, 1.165) is 24.1 Å². The van der Waals surface area contributed by atoms with Crippen molar-refractivity contribution in [2.24, 2.45) is 5.92 Å². The van der Waals surface area contributed by atoms with Crippen molar-refractivity contribution < 1.29 is 4.79 Å². The molecule has 1 fully saturated rings. The maximum Gasteiger partial charge on any atom is 0.223 e. The second kappa shape index (κ2) is 8.87. The van der Waals surface area contributed by atoms with Crippen LogP contribution >= 0.6 is 11.8 Å². The minimum Gasteiger partial charge on any atom is -0.355 e. The second-order valence-electron chi connectivity index (χ2n) is 7.72. The number of aromatic nitrogens is 1. The summed E-state index contributed by atoms with van der Waals surface area (Å²) < 4.78 is 0. The molecule has 4 rings (SSSR count). The highest BCUT2D eigenvalue weighted by Crippen LogP contribution is 2.37. The zero-order valence-electron chi connectivity index (χ0n) is 16.5. The zero-order valence-corrected chi connectivity index (χ0v) is 17.3. The SMILES string of the molecule is Cc1ccc(-c2[nH]c3ccccc3c2SCCNC(=O)C2CCCCC2)cc1. The van der Waals surface area contributed by atoms with Gasteiger partial charge in [-0.15, -0.1) is 11.8 Å². The number of hydrogen-bond acceptors (Lipinski definition) is 2. The average Bonchev–Trinajstić information content (AvgIpc) is 3.11. The molecule has 3 nitrogen and oxygen atoms in total. The molecule has 2 N–H and O–H groups in total. The van der Waals surface area contributed by atoms with Crippen LogP contribution in [0.4, 0.5) is 0 Å². The number of rotatable bonds is 6. The molecule has 0 atom stereocenters. The minimum absolute atomic E-state index is 0.231. The van der Waals surface area contributed by atoms with Gasteiger partial charge in [0.2, 0.25) is 5.91 Å². The van der Waals surface area contributed by atoms with Crippen molar-refractivity contribution in [3.05, 3.63) is 54.1 Å². The van der Waals surface area contributed by atoms with Crippen molar-refractivity contribution in [2.45, 2.75) is 43.9 Å². The minimum atomic E-state index is 0.231. The predicted molar refractivity (Wildman–Crippen MR) is 119 cm³/mol. The van der Waals surface area contributed by atoms with Crippen LogP contribution in [0.3, 0.4) is 0 Å². The summed E-state index contributed by atoms with van der Waals surface area (Å²) in [5.74, 6) is 1.35. The summed E-state index contributed by atoms with van der Waals surface area (Å²) in [5.41, 5.74) is 4.80. The van der Waals surface area contributed by atoms with E-state index in [1.807, 2.05) is 11.8 Å². The first-order valence-corrected chi connectivity index (χ1v) is 11.3. The van der Waals surface area contributed by atoms with Gasteiger partial charge in [0.1, 0.15) is 0 Å². The average molecular weight is 393 g/mol. The van der Waals surface area contributed by atoms with Crippen LogP contribution in [0.1, 0.15) is 37.7 Å². The number of carbonyl (C=O) groups is 1. The van der Waals surface area contributed by atoms with E-state index in [1.165, 1.54) is 46.4 Å². The van der Waals surface area contributed by atoms with Crippen LogP contribution in [0.2, 0.25) is 0 Å². The van der Waals surface area contributed by atoms with Gasteiger partial charge in [-0.1, -0.05) is 67.3 Å². The molecular weight excluding hydrogens is 364 g/mol. The summed E-state index contributed by atoms with van der Waals surface area (Å²) in [6, 6.07) is 17.1. The third-order valence-electron chi connectivity index (χ3n) is 5.62. The van der Waals surface area contributed by atoms with E-state index in [0.29, 0.717) is 6.54 Å². The molecule has 0 aliphatic heterocycles. The topological polar surface area (TPSA) is 44.9 Å². The summed E-state index contributed by atoms with van der Waals surface area (Å²) in [4.78, 5) is 17.2. The van der Waals surface area contributed by atoms with Crippen LogP contribution < -0.4 is 5.32 Å². The van der Waals surface area contributed by atoms with Crippen LogP contribution in [0.25, 0.3) is 22.2 Å². The van der Waals surface area contributed by atoms with Gasteiger partial charge < -0.3 is 10.3 Å². The van der Waals surface area contributed by atoms with Gasteiger partial charge >= 0.3 is 0 Å². The Kier molecular flexibility index (Phi) is 6.06. The van der Waals surface area contributed by atoms with Gasteiger partial charge in [0.25, 0.3) is 0 Å². The van der Waals surface area contributed by atoms with E-state index < -0.39 is 0 Å². The summed E-state index contributed by atoms with van der Waals surface area (Å²) in [5, 5.41) is 4.41. The first-order chi connectivity index (χ1) is 13.7. The zero-order chi connectivity index (χ0) is 19.3. The van der Waals surface area contributed by atoms with Gasteiger partial charge in [0.15, 0.2) is 0 Å². The predicted octanol–water partition coefficient (Wildman–Crippen LogP) is 5.93. The first-order valence-electron chi connectivity index (χ1n) is 10.3. The summed E-state index contributed by atoms with van der Waals surface area (Å²) in [6.45, 7) is 2.83. The number of aryl methyl sites for hydroxylation is 1. The molecule has 1 heterocycles. The van der Waals surface area contributed by atoms with Crippen molar-refractivity contribution in [3.63, 3.8) is 0 Å². The molecule has 0 spiro atoms. The molecule has 28 heavy (non-hydrogen) atoms. The quantitative estimate of drug-likeness (QED) is 0.403. The summed E-state index contributed by atoms with van der Waals surface area (Å²) in [6.07, 6.45) is 5.78. The Morgan fingerprint density at radius 2 is 1.82 bits per heavy atom. The summed E-state index contributed by atoms with van der Waals surface area (Å²) >= 11 is 1.82. The molecule has 0 saturated heterocycles. The van der Waals surface area contributed by atoms with E-state index in [2.05, 4.69) is 65.8 Å². The van der Waals surface area contributed by atoms with Crippen molar-refractivity contribution in [1.29, 1.82) is 0 Å². The first kappa shape index (κ1) is 19.1. The van der Waals surface area contributed by atoms with E-state index in [4.69, 9.17) is 0 Å². The Labute approximate surface area is 171 Å². The number of carbonyl (C=O) groups excluding carboxylic acids is 1. The van der Waals surface area contributed by atoms with E-state index in [1.54, 1.807) is 0 Å². The van der Waals surface area contributed by atoms with E-state index in [-0.39, 0.29) is 11.8 Å². The largest absolute Gasteiger partial charge is 0.355 e. The highest BCUT2D eigenvalue weighted by atomic mass is 32.2. The van der Waals surface area contributed by atoms with Crippen molar-refractivity contribution >= 4 is 28.6 Å². The molecule has 146 valence electrons. The van der Waals surface area contributed by atoms with Crippen LogP contribution in [-0.4, -0.2) is 23.2 Å². The Morgan fingerprint density at radius 3 is 2.61 bits per heavy atom. The fourth-order valence-corrected chi connectivity index (χ4v) is 5.08. The monoisotopic (exact) mass is 392 g/mol. The maximum atomic E-state index is 12.4. The Hall–Kier alpha value is -2.20. The molecule has 0 bridgehead atoms. The standard InChI is InChI=1S/C24H28N2OS/c1-17-11-13-18(14-12-17)22-23(20-9-5-6-10-21(20)26-22)28-16-15-25-24(27)19-7-3-2-4-8-19/h5-6,9-14,19,26H,2-4,7-8,15-16H2,1H3,(H,25,27). The Balaban J connectivity index is 1.46. The highest BCUT2D eigenvalue weighted by molar-refractivity contribution is 7.99. The van der Waals surface area contributed by atoms with E-state index >= 15 is 0 Å². The lowest BCUT2D eigenvalue weighted by atomic mass is 9.89. The number of fused-ring (bicyclic) bond motifs is 1. The van der Waals surface area contributed by atoms with Gasteiger partial charge in [-0.2, -0.15) is 0 Å². The van der Waals surface area contributed by atoms with Gasteiger partial charge in [0, 0.05) is 34.0 Å². The molecule has 0 unspecified atom stereocenters. The lowest BCUT2D eigenvalue weighted by Crippen LogP contribution is -2.33. The molecule has 1 amide bonds. The van der Waals surface area contributed by atoms with E-state index in [9.17, 15) is 4.79 Å². The van der Waals surface area contributed by atoms with Gasteiger partial charge in [-0.3, -0.25) is 4.79 Å². The summed E-state index contributed by atoms with van der Waals surface area (Å²) in [7, 11) is 0. The molecule has 0 radical (unpaired) electrons. The number of benzene rings is 2. The van der Waals surface area contributed by atoms with Gasteiger partial charge in [-0.05, 0) is 31.4 Å².